The molecule has 9 rings (SSSR count). The number of hydrogen-bond acceptors (Lipinski definition) is 8. The van der Waals surface area contributed by atoms with E-state index in [2.05, 4.69) is 108 Å². The number of rotatable bonds is 12. The molecular weight excluding hydrogens is 749 g/mol. The molecule has 0 aliphatic heterocycles. The first kappa shape index (κ1) is 39.3. The number of hydrogen-bond donors (Lipinski definition) is 1. The van der Waals surface area contributed by atoms with Crippen LogP contribution in [0.4, 0.5) is 39.8 Å². The summed E-state index contributed by atoms with van der Waals surface area (Å²) in [6.07, 6.45) is 5.66. The maximum Gasteiger partial charge on any atom is 0.0936 e. The van der Waals surface area contributed by atoms with Gasteiger partial charge in [0.2, 0.25) is 0 Å². The van der Waals surface area contributed by atoms with E-state index in [1.54, 1.807) is 0 Å². The molecule has 1 N–H and O–H groups in total. The summed E-state index contributed by atoms with van der Waals surface area (Å²) in [6, 6.07) is 54.6. The second-order valence-electron chi connectivity index (χ2n) is 15.9. The first-order valence-electron chi connectivity index (χ1n) is 21.3. The van der Waals surface area contributed by atoms with Crippen molar-refractivity contribution in [1.29, 1.82) is 0 Å². The van der Waals surface area contributed by atoms with Crippen molar-refractivity contribution in [3.05, 3.63) is 163 Å². The van der Waals surface area contributed by atoms with Crippen LogP contribution in [-0.4, -0.2) is 18.8 Å². The van der Waals surface area contributed by atoms with E-state index in [0.29, 0.717) is 18.0 Å². The Balaban J connectivity index is 0.919. The summed E-state index contributed by atoms with van der Waals surface area (Å²) >= 11 is 0. The summed E-state index contributed by atoms with van der Waals surface area (Å²) in [7, 11) is 0. The van der Waals surface area contributed by atoms with Crippen LogP contribution >= 0.6 is 0 Å². The lowest BCUT2D eigenvalue weighted by atomic mass is 9.81. The largest absolute Gasteiger partial charge is 0.382 e. The molecule has 0 spiro atoms. The Kier molecular flexibility index (Phi) is 11.6. The zero-order chi connectivity index (χ0) is 41.5. The zero-order valence-electron chi connectivity index (χ0n) is 34.6. The minimum Gasteiger partial charge on any atom is -0.382 e. The predicted molar refractivity (Wildman–Crippen MR) is 254 cm³/mol. The molecule has 1 unspecified atom stereocenters. The van der Waals surface area contributed by atoms with E-state index in [1.165, 1.54) is 24.0 Å². The Bertz CT molecular complexity index is 2920. The van der Waals surface area contributed by atoms with Crippen LogP contribution in [0.25, 0.3) is 43.4 Å². The molecule has 1 fully saturated rings. The van der Waals surface area contributed by atoms with Crippen molar-refractivity contribution >= 4 is 78.8 Å². The van der Waals surface area contributed by atoms with Crippen LogP contribution in [0.1, 0.15) is 57.4 Å². The van der Waals surface area contributed by atoms with E-state index in [1.807, 2.05) is 91.0 Å². The fourth-order valence-corrected chi connectivity index (χ4v) is 8.33. The molecule has 0 heterocycles. The van der Waals surface area contributed by atoms with Crippen LogP contribution in [0.15, 0.2) is 193 Å². The second kappa shape index (κ2) is 18.0. The molecule has 8 aromatic carbocycles. The van der Waals surface area contributed by atoms with Gasteiger partial charge in [-0.25, -0.2) is 0 Å². The van der Waals surface area contributed by atoms with Gasteiger partial charge in [-0.05, 0) is 117 Å². The monoisotopic (exact) mass is 796 g/mol. The molecule has 61 heavy (non-hydrogen) atoms. The van der Waals surface area contributed by atoms with Crippen LogP contribution < -0.4 is 5.32 Å². The van der Waals surface area contributed by atoms with Gasteiger partial charge in [0.1, 0.15) is 0 Å². The highest BCUT2D eigenvalue weighted by molar-refractivity contribution is 6.02. The Morgan fingerprint density at radius 1 is 0.475 bits per heavy atom. The molecule has 300 valence electrons. The second-order valence-corrected chi connectivity index (χ2v) is 15.9. The normalized spacial score (nSPS) is 16.3. The number of nitrogens with one attached hydrogen (secondary N) is 1. The molecule has 0 bridgehead atoms. The highest BCUT2D eigenvalue weighted by Crippen LogP contribution is 2.40. The van der Waals surface area contributed by atoms with Crippen molar-refractivity contribution in [1.82, 2.24) is 0 Å². The van der Waals surface area contributed by atoms with E-state index < -0.39 is 0 Å². The summed E-state index contributed by atoms with van der Waals surface area (Å²) < 4.78 is 0. The number of fused-ring (bicyclic) bond motifs is 3. The van der Waals surface area contributed by atoms with E-state index in [4.69, 9.17) is 20.5 Å². The van der Waals surface area contributed by atoms with E-state index >= 15 is 0 Å². The molecule has 8 aromatic rings. The third-order valence-electron chi connectivity index (χ3n) is 12.0. The fraction of sp³-hybridized carbons (Fsp3) is 0.189. The number of aliphatic imine (C=N–C) groups is 1. The Morgan fingerprint density at radius 3 is 1.31 bits per heavy atom. The van der Waals surface area contributed by atoms with Crippen molar-refractivity contribution in [3.8, 4) is 11.1 Å². The van der Waals surface area contributed by atoms with Gasteiger partial charge in [-0.1, -0.05) is 116 Å². The van der Waals surface area contributed by atoms with Gasteiger partial charge in [-0.15, -0.1) is 25.6 Å². The minimum atomic E-state index is 0.369. The van der Waals surface area contributed by atoms with Crippen LogP contribution in [0.3, 0.4) is 0 Å². The third-order valence-corrected chi connectivity index (χ3v) is 12.0. The number of anilines is 1. The third kappa shape index (κ3) is 8.61. The van der Waals surface area contributed by atoms with E-state index in [9.17, 15) is 0 Å². The molecule has 0 aromatic heterocycles. The average molecular weight is 797 g/mol. The summed E-state index contributed by atoms with van der Waals surface area (Å²) in [5.41, 5.74) is 9.50. The lowest BCUT2D eigenvalue weighted by Gasteiger charge is -2.26. The van der Waals surface area contributed by atoms with Crippen LogP contribution in [0.5, 0.6) is 0 Å². The summed E-state index contributed by atoms with van der Waals surface area (Å²) in [5.74, 6) is 0.610. The van der Waals surface area contributed by atoms with Gasteiger partial charge in [0, 0.05) is 50.1 Å². The highest BCUT2D eigenvalue weighted by atomic mass is 15.1. The Morgan fingerprint density at radius 2 is 0.869 bits per heavy atom. The summed E-state index contributed by atoms with van der Waals surface area (Å²) in [6.45, 7) is 8.12. The fourth-order valence-electron chi connectivity index (χ4n) is 8.33. The Labute approximate surface area is 356 Å². The van der Waals surface area contributed by atoms with Gasteiger partial charge in [-0.3, -0.25) is 4.99 Å². The van der Waals surface area contributed by atoms with Crippen molar-refractivity contribution < 1.29 is 0 Å². The van der Waals surface area contributed by atoms with Crippen LogP contribution in [-0.2, 0) is 0 Å². The molecule has 1 aliphatic rings. The van der Waals surface area contributed by atoms with Gasteiger partial charge < -0.3 is 5.32 Å². The number of azo groups is 3. The molecular formula is C53H48N8. The highest BCUT2D eigenvalue weighted by Gasteiger charge is 2.21. The smallest absolute Gasteiger partial charge is 0.0936 e. The Hall–Kier alpha value is -7.19. The van der Waals surface area contributed by atoms with E-state index in [0.717, 1.165) is 97.0 Å². The standard InChI is InChI=1S/C53H48N8/c1-4-35(2)55-48-29-30-50(43-12-6-5-11-42(43)48)58-59-52-33-34-53(47-16-10-9-15-46(47)52)61-60-51-32-31-49(44-13-7-8-14-45(44)51)57-56-41-27-23-39(24-28-41)37-19-17-36(18-20-37)38-21-25-40(54-3)26-22-38/h5-20,23-24,27-35,38,40,55H,3-4,21-22,25-26H2,1-2H3. The first-order valence-corrected chi connectivity index (χ1v) is 21.3. The zero-order valence-corrected chi connectivity index (χ0v) is 34.6. The number of benzene rings is 8. The predicted octanol–water partition coefficient (Wildman–Crippen LogP) is 17.0. The quantitative estimate of drug-likeness (QED) is 0.0966. The summed E-state index contributed by atoms with van der Waals surface area (Å²) in [5, 5.41) is 38.0. The van der Waals surface area contributed by atoms with Crippen LogP contribution in [0, 0.1) is 0 Å². The maximum atomic E-state index is 4.77. The van der Waals surface area contributed by atoms with Gasteiger partial charge in [0.25, 0.3) is 0 Å². The lowest BCUT2D eigenvalue weighted by Crippen LogP contribution is -2.15. The van der Waals surface area contributed by atoms with Gasteiger partial charge in [-0.2, -0.15) is 5.11 Å². The lowest BCUT2D eigenvalue weighted by molar-refractivity contribution is 0.398. The van der Waals surface area contributed by atoms with Gasteiger partial charge in [0.15, 0.2) is 0 Å². The van der Waals surface area contributed by atoms with E-state index in [-0.39, 0.29) is 0 Å². The van der Waals surface area contributed by atoms with Crippen molar-refractivity contribution in [2.24, 2.45) is 35.7 Å². The topological polar surface area (TPSA) is 98.5 Å². The van der Waals surface area contributed by atoms with Crippen molar-refractivity contribution in [2.45, 2.75) is 64.0 Å². The molecule has 0 radical (unpaired) electrons. The molecule has 0 saturated heterocycles. The maximum absolute atomic E-state index is 4.77. The molecule has 1 atom stereocenters. The molecule has 8 heteroatoms. The summed E-state index contributed by atoms with van der Waals surface area (Å²) in [4.78, 5) is 4.25. The van der Waals surface area contributed by atoms with Gasteiger partial charge in [0.05, 0.1) is 34.1 Å². The molecule has 1 aliphatic carbocycles. The molecule has 1 saturated carbocycles. The first-order chi connectivity index (χ1) is 30.0. The SMILES string of the molecule is C=NC1CCC(c2ccc(-c3ccc(N=Nc4ccc(N=Nc5ccc(N=Nc6ccc(NC(C)CC)c7ccccc67)c6ccccc56)c5ccccc45)cc3)cc2)CC1. The van der Waals surface area contributed by atoms with Crippen LogP contribution in [0.2, 0.25) is 0 Å². The average Bonchev–Trinajstić information content (AvgIpc) is 3.33. The minimum absolute atomic E-state index is 0.369. The van der Waals surface area contributed by atoms with Crippen molar-refractivity contribution in [2.75, 3.05) is 5.32 Å². The number of nitrogens with zero attached hydrogens (tertiary/aromatic N) is 7. The molecule has 8 nitrogen and oxygen atoms in total. The van der Waals surface area contributed by atoms with Crippen molar-refractivity contribution in [3.63, 3.8) is 0 Å². The van der Waals surface area contributed by atoms with Gasteiger partial charge >= 0.3 is 0 Å². The molecule has 0 amide bonds.